The number of hydrogen-bond acceptors (Lipinski definition) is 3. The average molecular weight is 252 g/mol. The standard InChI is InChI=1S/C9H8ClF2NO3/c1-16-9(15)6-4(2-10)8(14)13-3-5(6)7(11)12/h3,7H,2H2,1H3,(H,13,14). The number of rotatable bonds is 3. The number of esters is 1. The molecule has 1 aromatic rings. The summed E-state index contributed by atoms with van der Waals surface area (Å²) in [5.74, 6) is -1.35. The summed E-state index contributed by atoms with van der Waals surface area (Å²) in [6.07, 6.45) is -2.11. The molecule has 1 heterocycles. The van der Waals surface area contributed by atoms with Crippen molar-refractivity contribution in [2.75, 3.05) is 7.11 Å². The molecule has 1 rings (SSSR count). The van der Waals surface area contributed by atoms with E-state index in [2.05, 4.69) is 9.72 Å². The highest BCUT2D eigenvalue weighted by molar-refractivity contribution is 6.17. The van der Waals surface area contributed by atoms with Crippen LogP contribution in [0.4, 0.5) is 8.78 Å². The van der Waals surface area contributed by atoms with E-state index in [4.69, 9.17) is 11.6 Å². The van der Waals surface area contributed by atoms with Gasteiger partial charge >= 0.3 is 5.97 Å². The number of aromatic amines is 1. The van der Waals surface area contributed by atoms with Crippen LogP contribution in [0.5, 0.6) is 0 Å². The van der Waals surface area contributed by atoms with E-state index in [9.17, 15) is 18.4 Å². The molecule has 0 aliphatic heterocycles. The van der Waals surface area contributed by atoms with Crippen LogP contribution in [0.3, 0.4) is 0 Å². The topological polar surface area (TPSA) is 59.2 Å². The smallest absolute Gasteiger partial charge is 0.338 e. The molecule has 0 saturated carbocycles. The number of carbonyl (C=O) groups excluding carboxylic acids is 1. The van der Waals surface area contributed by atoms with Crippen LogP contribution < -0.4 is 5.56 Å². The van der Waals surface area contributed by atoms with E-state index in [1.165, 1.54) is 0 Å². The molecule has 0 spiro atoms. The molecule has 0 atom stereocenters. The van der Waals surface area contributed by atoms with Crippen molar-refractivity contribution in [2.45, 2.75) is 12.3 Å². The van der Waals surface area contributed by atoms with Crippen molar-refractivity contribution >= 4 is 17.6 Å². The Morgan fingerprint density at radius 2 is 2.25 bits per heavy atom. The van der Waals surface area contributed by atoms with Crippen LogP contribution in [0, 0.1) is 0 Å². The second-order valence-corrected chi connectivity index (χ2v) is 3.12. The van der Waals surface area contributed by atoms with Gasteiger partial charge in [0.05, 0.1) is 18.6 Å². The first-order valence-corrected chi connectivity index (χ1v) is 4.73. The van der Waals surface area contributed by atoms with Crippen LogP contribution in [0.25, 0.3) is 0 Å². The normalized spacial score (nSPS) is 10.6. The third kappa shape index (κ3) is 2.21. The van der Waals surface area contributed by atoms with Gasteiger partial charge in [-0.05, 0) is 0 Å². The van der Waals surface area contributed by atoms with E-state index in [0.29, 0.717) is 0 Å². The second kappa shape index (κ2) is 5.07. The van der Waals surface area contributed by atoms with Gasteiger partial charge < -0.3 is 9.72 Å². The number of alkyl halides is 3. The summed E-state index contributed by atoms with van der Waals surface area (Å²) in [5, 5.41) is 0. The molecule has 7 heteroatoms. The van der Waals surface area contributed by atoms with Gasteiger partial charge in [0.15, 0.2) is 0 Å². The van der Waals surface area contributed by atoms with Crippen LogP contribution in [0.15, 0.2) is 11.0 Å². The number of methoxy groups -OCH3 is 1. The van der Waals surface area contributed by atoms with Gasteiger partial charge in [0, 0.05) is 17.3 Å². The molecule has 0 saturated heterocycles. The van der Waals surface area contributed by atoms with Crippen LogP contribution in [-0.2, 0) is 10.6 Å². The molecule has 88 valence electrons. The summed E-state index contributed by atoms with van der Waals surface area (Å²) in [4.78, 5) is 24.7. The lowest BCUT2D eigenvalue weighted by Crippen LogP contribution is -2.20. The van der Waals surface area contributed by atoms with Crippen LogP contribution in [0.1, 0.15) is 27.9 Å². The highest BCUT2D eigenvalue weighted by atomic mass is 35.5. The highest BCUT2D eigenvalue weighted by Crippen LogP contribution is 2.24. The third-order valence-electron chi connectivity index (χ3n) is 1.98. The van der Waals surface area contributed by atoms with Crippen LogP contribution in [-0.4, -0.2) is 18.1 Å². The molecule has 0 aliphatic carbocycles. The first kappa shape index (κ1) is 12.6. The minimum atomic E-state index is -2.90. The average Bonchev–Trinajstić information content (AvgIpc) is 2.27. The molecule has 1 aromatic heterocycles. The molecule has 0 unspecified atom stereocenters. The van der Waals surface area contributed by atoms with Gasteiger partial charge in [-0.15, -0.1) is 11.6 Å². The fraction of sp³-hybridized carbons (Fsp3) is 0.333. The molecule has 1 N–H and O–H groups in total. The summed E-state index contributed by atoms with van der Waals surface area (Å²) in [5.41, 5.74) is -1.95. The zero-order chi connectivity index (χ0) is 12.3. The van der Waals surface area contributed by atoms with Gasteiger partial charge in [-0.2, -0.15) is 0 Å². The molecule has 0 amide bonds. The van der Waals surface area contributed by atoms with Crippen molar-refractivity contribution in [1.82, 2.24) is 4.98 Å². The Kier molecular flexibility index (Phi) is 4.00. The Morgan fingerprint density at radius 3 is 2.69 bits per heavy atom. The Bertz CT molecular complexity index is 459. The van der Waals surface area contributed by atoms with E-state index in [1.807, 2.05) is 0 Å². The van der Waals surface area contributed by atoms with Gasteiger partial charge in [0.2, 0.25) is 0 Å². The van der Waals surface area contributed by atoms with E-state index in [-0.39, 0.29) is 11.4 Å². The number of halogens is 3. The maximum atomic E-state index is 12.6. The van der Waals surface area contributed by atoms with Crippen molar-refractivity contribution in [3.8, 4) is 0 Å². The minimum absolute atomic E-state index is 0.216. The van der Waals surface area contributed by atoms with Crippen molar-refractivity contribution < 1.29 is 18.3 Å². The van der Waals surface area contributed by atoms with E-state index >= 15 is 0 Å². The number of nitrogens with one attached hydrogen (secondary N) is 1. The van der Waals surface area contributed by atoms with Crippen molar-refractivity contribution in [3.05, 3.63) is 33.2 Å². The second-order valence-electron chi connectivity index (χ2n) is 2.85. The van der Waals surface area contributed by atoms with E-state index in [0.717, 1.165) is 13.3 Å². The highest BCUT2D eigenvalue weighted by Gasteiger charge is 2.24. The van der Waals surface area contributed by atoms with Crippen molar-refractivity contribution in [2.24, 2.45) is 0 Å². The number of aromatic nitrogens is 1. The monoisotopic (exact) mass is 251 g/mol. The quantitative estimate of drug-likeness (QED) is 0.659. The fourth-order valence-corrected chi connectivity index (χ4v) is 1.49. The number of pyridine rings is 1. The number of H-pyrrole nitrogens is 1. The summed E-state index contributed by atoms with van der Waals surface area (Å²) in [6, 6.07) is 0. The number of ether oxygens (including phenoxy) is 1. The van der Waals surface area contributed by atoms with Crippen LogP contribution >= 0.6 is 11.6 Å². The Morgan fingerprint density at radius 1 is 1.62 bits per heavy atom. The molecule has 0 aliphatic rings. The van der Waals surface area contributed by atoms with Gasteiger partial charge in [0.1, 0.15) is 0 Å². The molecule has 4 nitrogen and oxygen atoms in total. The Hall–Kier alpha value is -1.43. The van der Waals surface area contributed by atoms with Crippen molar-refractivity contribution in [3.63, 3.8) is 0 Å². The summed E-state index contributed by atoms with van der Waals surface area (Å²) >= 11 is 5.44. The lowest BCUT2D eigenvalue weighted by atomic mass is 10.1. The van der Waals surface area contributed by atoms with Gasteiger partial charge in [-0.1, -0.05) is 0 Å². The predicted molar refractivity (Wildman–Crippen MR) is 52.9 cm³/mol. The summed E-state index contributed by atoms with van der Waals surface area (Å²) in [6.45, 7) is 0. The van der Waals surface area contributed by atoms with Gasteiger partial charge in [-0.25, -0.2) is 13.6 Å². The first-order chi connectivity index (χ1) is 7.52. The largest absolute Gasteiger partial charge is 0.465 e. The van der Waals surface area contributed by atoms with Crippen molar-refractivity contribution in [1.29, 1.82) is 0 Å². The fourth-order valence-electron chi connectivity index (χ4n) is 1.23. The predicted octanol–water partition coefficient (Wildman–Crippen LogP) is 1.84. The SMILES string of the molecule is COC(=O)c1c(C(F)F)c[nH]c(=O)c1CCl. The van der Waals surface area contributed by atoms with Gasteiger partial charge in [0.25, 0.3) is 12.0 Å². The molecule has 0 fully saturated rings. The lowest BCUT2D eigenvalue weighted by molar-refractivity contribution is 0.0587. The van der Waals surface area contributed by atoms with E-state index < -0.39 is 29.1 Å². The molecule has 0 aromatic carbocycles. The molecular formula is C9H8ClF2NO3. The van der Waals surface area contributed by atoms with Crippen LogP contribution in [0.2, 0.25) is 0 Å². The maximum absolute atomic E-state index is 12.6. The lowest BCUT2D eigenvalue weighted by Gasteiger charge is -2.09. The molecule has 0 bridgehead atoms. The molecule has 0 radical (unpaired) electrons. The maximum Gasteiger partial charge on any atom is 0.338 e. The zero-order valence-electron chi connectivity index (χ0n) is 8.22. The zero-order valence-corrected chi connectivity index (χ0v) is 8.98. The minimum Gasteiger partial charge on any atom is -0.465 e. The summed E-state index contributed by atoms with van der Waals surface area (Å²) < 4.78 is 29.5. The molecular weight excluding hydrogens is 244 g/mol. The molecule has 16 heavy (non-hydrogen) atoms. The Labute approximate surface area is 94.2 Å². The van der Waals surface area contributed by atoms with Gasteiger partial charge in [-0.3, -0.25) is 4.79 Å². The first-order valence-electron chi connectivity index (χ1n) is 4.19. The third-order valence-corrected chi connectivity index (χ3v) is 2.25. The number of hydrogen-bond donors (Lipinski definition) is 1. The number of carbonyl (C=O) groups is 1. The van der Waals surface area contributed by atoms with E-state index in [1.54, 1.807) is 0 Å². The Balaban J connectivity index is 3.53. The summed E-state index contributed by atoms with van der Waals surface area (Å²) in [7, 11) is 1.04.